The first-order valence-corrected chi connectivity index (χ1v) is 9.31. The Bertz CT molecular complexity index is 721. The lowest BCUT2D eigenvalue weighted by Crippen LogP contribution is -2.23. The Morgan fingerprint density at radius 2 is 1.91 bits per heavy atom. The van der Waals surface area contributed by atoms with Gasteiger partial charge in [0.25, 0.3) is 0 Å². The largest absolute Gasteiger partial charge is 0.339 e. The van der Waals surface area contributed by atoms with Crippen LogP contribution in [0, 0.1) is 0 Å². The molecule has 1 aromatic heterocycles. The third-order valence-corrected chi connectivity index (χ3v) is 4.87. The molecular formula is C16H23N3O3S. The molecule has 6 nitrogen and oxygen atoms in total. The van der Waals surface area contributed by atoms with Crippen molar-refractivity contribution in [3.05, 3.63) is 41.5 Å². The molecule has 23 heavy (non-hydrogen) atoms. The van der Waals surface area contributed by atoms with E-state index in [0.717, 1.165) is 24.8 Å². The van der Waals surface area contributed by atoms with Gasteiger partial charge in [0, 0.05) is 5.92 Å². The summed E-state index contributed by atoms with van der Waals surface area (Å²) in [5, 5.41) is 3.77. The molecule has 0 atom stereocenters. The number of sulfonamides is 1. The highest BCUT2D eigenvalue weighted by Gasteiger charge is 2.16. The molecule has 0 saturated carbocycles. The summed E-state index contributed by atoms with van der Waals surface area (Å²) in [6.45, 7) is 6.00. The monoisotopic (exact) mass is 337 g/mol. The van der Waals surface area contributed by atoms with E-state index in [9.17, 15) is 8.42 Å². The van der Waals surface area contributed by atoms with Crippen LogP contribution in [0.4, 0.5) is 0 Å². The summed E-state index contributed by atoms with van der Waals surface area (Å²) >= 11 is 0. The number of unbranched alkanes of at least 4 members (excludes halogenated alkanes) is 1. The summed E-state index contributed by atoms with van der Waals surface area (Å²) in [5.74, 6) is 0.944. The summed E-state index contributed by atoms with van der Waals surface area (Å²) < 4.78 is 32.1. The fourth-order valence-corrected chi connectivity index (χ4v) is 3.01. The highest BCUT2D eigenvalue weighted by Crippen LogP contribution is 2.14. The van der Waals surface area contributed by atoms with Crippen molar-refractivity contribution in [1.82, 2.24) is 14.9 Å². The molecular weight excluding hydrogens is 314 g/mol. The van der Waals surface area contributed by atoms with E-state index in [2.05, 4.69) is 21.8 Å². The molecule has 0 aliphatic carbocycles. The number of hydrogen-bond donors (Lipinski definition) is 1. The van der Waals surface area contributed by atoms with Crippen molar-refractivity contribution in [1.29, 1.82) is 0 Å². The van der Waals surface area contributed by atoms with Crippen LogP contribution in [-0.2, 0) is 23.0 Å². The van der Waals surface area contributed by atoms with Gasteiger partial charge in [-0.15, -0.1) is 0 Å². The average Bonchev–Trinajstić information content (AvgIpc) is 3.01. The number of aryl methyl sites for hydroxylation is 1. The van der Waals surface area contributed by atoms with Crippen molar-refractivity contribution in [3.8, 4) is 0 Å². The van der Waals surface area contributed by atoms with Gasteiger partial charge < -0.3 is 4.52 Å². The van der Waals surface area contributed by atoms with E-state index in [0.29, 0.717) is 11.7 Å². The second kappa shape index (κ2) is 7.70. The number of benzene rings is 1. The van der Waals surface area contributed by atoms with E-state index < -0.39 is 10.0 Å². The topological polar surface area (TPSA) is 85.1 Å². The van der Waals surface area contributed by atoms with Crippen molar-refractivity contribution >= 4 is 10.0 Å². The number of hydrogen-bond acceptors (Lipinski definition) is 5. The molecule has 1 heterocycles. The molecule has 0 aliphatic rings. The predicted molar refractivity (Wildman–Crippen MR) is 87.5 cm³/mol. The van der Waals surface area contributed by atoms with Gasteiger partial charge in [-0.3, -0.25) is 0 Å². The van der Waals surface area contributed by atoms with Crippen LogP contribution in [0.15, 0.2) is 33.7 Å². The van der Waals surface area contributed by atoms with Crippen molar-refractivity contribution < 1.29 is 12.9 Å². The van der Waals surface area contributed by atoms with E-state index in [1.807, 2.05) is 26.0 Å². The van der Waals surface area contributed by atoms with Crippen LogP contribution >= 0.6 is 0 Å². The van der Waals surface area contributed by atoms with Gasteiger partial charge in [0.1, 0.15) is 0 Å². The average molecular weight is 337 g/mol. The van der Waals surface area contributed by atoms with Gasteiger partial charge in [-0.2, -0.15) is 4.98 Å². The van der Waals surface area contributed by atoms with Crippen LogP contribution < -0.4 is 4.72 Å². The van der Waals surface area contributed by atoms with Gasteiger partial charge in [-0.1, -0.05) is 44.5 Å². The molecule has 126 valence electrons. The second-order valence-corrected chi connectivity index (χ2v) is 7.54. The minimum absolute atomic E-state index is 0.0101. The zero-order valence-corrected chi connectivity index (χ0v) is 14.6. The molecule has 0 amide bonds. The van der Waals surface area contributed by atoms with Gasteiger partial charge in [-0.05, 0) is 30.5 Å². The summed E-state index contributed by atoms with van der Waals surface area (Å²) in [5.41, 5.74) is 1.14. The van der Waals surface area contributed by atoms with Crippen molar-refractivity contribution in [3.63, 3.8) is 0 Å². The Morgan fingerprint density at radius 1 is 1.22 bits per heavy atom. The molecule has 1 aromatic carbocycles. The molecule has 0 fully saturated rings. The zero-order chi connectivity index (χ0) is 16.9. The Kier molecular flexibility index (Phi) is 5.90. The predicted octanol–water partition coefficient (Wildman–Crippen LogP) is 3.01. The van der Waals surface area contributed by atoms with Crippen LogP contribution in [0.5, 0.6) is 0 Å². The Hall–Kier alpha value is -1.73. The molecule has 7 heteroatoms. The highest BCUT2D eigenvalue weighted by atomic mass is 32.2. The molecule has 0 spiro atoms. The first-order valence-electron chi connectivity index (χ1n) is 7.83. The third-order valence-electron chi connectivity index (χ3n) is 3.45. The van der Waals surface area contributed by atoms with E-state index in [4.69, 9.17) is 4.52 Å². The van der Waals surface area contributed by atoms with E-state index in [1.165, 1.54) is 0 Å². The van der Waals surface area contributed by atoms with Gasteiger partial charge in [0.2, 0.25) is 15.9 Å². The van der Waals surface area contributed by atoms with E-state index in [-0.39, 0.29) is 17.4 Å². The number of nitrogens with one attached hydrogen (secondary N) is 1. The van der Waals surface area contributed by atoms with Gasteiger partial charge in [-0.25, -0.2) is 13.1 Å². The highest BCUT2D eigenvalue weighted by molar-refractivity contribution is 7.89. The second-order valence-electron chi connectivity index (χ2n) is 5.78. The van der Waals surface area contributed by atoms with Crippen LogP contribution in [0.2, 0.25) is 0 Å². The molecule has 0 bridgehead atoms. The molecule has 1 N–H and O–H groups in total. The van der Waals surface area contributed by atoms with Gasteiger partial charge >= 0.3 is 0 Å². The minimum atomic E-state index is -3.58. The van der Waals surface area contributed by atoms with E-state index >= 15 is 0 Å². The van der Waals surface area contributed by atoms with Gasteiger partial charge in [0.05, 0.1) is 11.4 Å². The third kappa shape index (κ3) is 4.87. The molecule has 0 unspecified atom stereocenters. The smallest absolute Gasteiger partial charge is 0.240 e. The fourth-order valence-electron chi connectivity index (χ4n) is 2.03. The lowest BCUT2D eigenvalue weighted by molar-refractivity contribution is 0.360. The number of nitrogens with zero attached hydrogens (tertiary/aromatic N) is 2. The SMILES string of the molecule is CCCCc1ccc(S(=O)(=O)NCc2noc(C(C)C)n2)cc1. The quantitative estimate of drug-likeness (QED) is 0.800. The zero-order valence-electron chi connectivity index (χ0n) is 13.7. The van der Waals surface area contributed by atoms with Crippen LogP contribution in [0.1, 0.15) is 56.8 Å². The lowest BCUT2D eigenvalue weighted by atomic mass is 10.1. The molecule has 0 saturated heterocycles. The maximum Gasteiger partial charge on any atom is 0.240 e. The maximum atomic E-state index is 12.3. The first kappa shape index (κ1) is 17.6. The van der Waals surface area contributed by atoms with E-state index in [1.54, 1.807) is 12.1 Å². The fraction of sp³-hybridized carbons (Fsp3) is 0.500. The Morgan fingerprint density at radius 3 is 2.48 bits per heavy atom. The standard InChI is InChI=1S/C16H23N3O3S/c1-4-5-6-13-7-9-14(10-8-13)23(20,21)17-11-15-18-16(12(2)3)22-19-15/h7-10,12,17H,4-6,11H2,1-3H3. The summed E-state index contributed by atoms with van der Waals surface area (Å²) in [4.78, 5) is 4.39. The van der Waals surface area contributed by atoms with Crippen molar-refractivity contribution in [2.75, 3.05) is 0 Å². The number of aromatic nitrogens is 2. The van der Waals surface area contributed by atoms with Gasteiger partial charge in [0.15, 0.2) is 5.82 Å². The lowest BCUT2D eigenvalue weighted by Gasteiger charge is -2.06. The molecule has 0 aliphatic heterocycles. The Balaban J connectivity index is 2.00. The number of rotatable bonds is 8. The van der Waals surface area contributed by atoms with Crippen molar-refractivity contribution in [2.45, 2.75) is 57.4 Å². The molecule has 2 aromatic rings. The van der Waals surface area contributed by atoms with Crippen molar-refractivity contribution in [2.24, 2.45) is 0 Å². The van der Waals surface area contributed by atoms with Crippen LogP contribution in [0.25, 0.3) is 0 Å². The molecule has 2 rings (SSSR count). The van der Waals surface area contributed by atoms with Crippen LogP contribution in [0.3, 0.4) is 0 Å². The maximum absolute atomic E-state index is 12.3. The minimum Gasteiger partial charge on any atom is -0.339 e. The Labute approximate surface area is 137 Å². The summed E-state index contributed by atoms with van der Waals surface area (Å²) in [7, 11) is -3.58. The van der Waals surface area contributed by atoms with Crippen LogP contribution in [-0.4, -0.2) is 18.6 Å². The summed E-state index contributed by atoms with van der Waals surface area (Å²) in [6, 6.07) is 6.97. The summed E-state index contributed by atoms with van der Waals surface area (Å²) in [6.07, 6.45) is 3.18. The first-order chi connectivity index (χ1) is 10.9. The molecule has 0 radical (unpaired) electrons. The normalized spacial score (nSPS) is 12.0.